The monoisotopic (exact) mass is 380 g/mol. The van der Waals surface area contributed by atoms with Crippen LogP contribution in [-0.4, -0.2) is 58.6 Å². The van der Waals surface area contributed by atoms with Crippen molar-refractivity contribution in [2.24, 2.45) is 0 Å². The van der Waals surface area contributed by atoms with Gasteiger partial charge in [-0.2, -0.15) is 0 Å². The first-order chi connectivity index (χ1) is 12.1. The molecule has 0 aromatic heterocycles. The molecule has 25 heavy (non-hydrogen) atoms. The Morgan fingerprint density at radius 1 is 1.20 bits per heavy atom. The number of hydrogen-bond acceptors (Lipinski definition) is 5. The zero-order chi connectivity index (χ0) is 17.8. The van der Waals surface area contributed by atoms with Crippen molar-refractivity contribution in [3.8, 4) is 0 Å². The van der Waals surface area contributed by atoms with E-state index >= 15 is 0 Å². The smallest absolute Gasteiger partial charge is 0.317 e. The fraction of sp³-hybridized carbons (Fsp3) is 0.556. The van der Waals surface area contributed by atoms with Gasteiger partial charge < -0.3 is 10.4 Å². The van der Waals surface area contributed by atoms with Crippen LogP contribution in [0.4, 0.5) is 0 Å². The molecule has 5 nitrogen and oxygen atoms in total. The van der Waals surface area contributed by atoms with E-state index in [2.05, 4.69) is 17.4 Å². The first-order valence-electron chi connectivity index (χ1n) is 8.66. The van der Waals surface area contributed by atoms with Crippen molar-refractivity contribution >= 4 is 35.4 Å². The van der Waals surface area contributed by atoms with Gasteiger partial charge in [0.2, 0.25) is 0 Å². The van der Waals surface area contributed by atoms with Crippen LogP contribution in [0.5, 0.6) is 0 Å². The highest BCUT2D eigenvalue weighted by molar-refractivity contribution is 8.19. The Bertz CT molecular complexity index is 611. The topological polar surface area (TPSA) is 69.6 Å². The number of carboxylic acids is 1. The van der Waals surface area contributed by atoms with Crippen LogP contribution >= 0.6 is 23.5 Å². The molecule has 7 heteroatoms. The van der Waals surface area contributed by atoms with Gasteiger partial charge in [-0.15, -0.1) is 23.5 Å². The molecule has 3 rings (SSSR count). The molecule has 0 radical (unpaired) electrons. The third-order valence-electron chi connectivity index (χ3n) is 4.78. The fourth-order valence-electron chi connectivity index (χ4n) is 3.29. The molecule has 1 saturated carbocycles. The number of carboxylic acid groups (broad SMARTS) is 1. The lowest BCUT2D eigenvalue weighted by atomic mass is 9.85. The lowest BCUT2D eigenvalue weighted by molar-refractivity contribution is -0.139. The van der Waals surface area contributed by atoms with E-state index in [0.29, 0.717) is 10.1 Å². The molecule has 1 saturated heterocycles. The summed E-state index contributed by atoms with van der Waals surface area (Å²) in [5, 5.41) is 12.0. The van der Waals surface area contributed by atoms with E-state index in [1.807, 2.05) is 47.5 Å². The number of aliphatic carboxylic acids is 1. The zero-order valence-electron chi connectivity index (χ0n) is 14.3. The van der Waals surface area contributed by atoms with Crippen LogP contribution in [-0.2, 0) is 4.79 Å². The third kappa shape index (κ3) is 4.71. The summed E-state index contributed by atoms with van der Waals surface area (Å²) in [5.74, 6) is 1.55. The van der Waals surface area contributed by atoms with Gasteiger partial charge in [-0.25, -0.2) is 0 Å². The molecule has 2 aliphatic rings. The predicted octanol–water partition coefficient (Wildman–Crippen LogP) is 2.83. The highest BCUT2D eigenvalue weighted by Gasteiger charge is 2.34. The Kier molecular flexibility index (Phi) is 6.30. The van der Waals surface area contributed by atoms with Gasteiger partial charge in [0, 0.05) is 29.2 Å². The second-order valence-corrected chi connectivity index (χ2v) is 9.17. The lowest BCUT2D eigenvalue weighted by Gasteiger charge is -2.42. The van der Waals surface area contributed by atoms with Crippen LogP contribution < -0.4 is 5.32 Å². The Hall–Kier alpha value is -1.18. The fourth-order valence-corrected chi connectivity index (χ4v) is 6.15. The van der Waals surface area contributed by atoms with E-state index < -0.39 is 5.97 Å². The molecular formula is C18H24N2O3S2. The van der Waals surface area contributed by atoms with Gasteiger partial charge in [0.05, 0.1) is 11.1 Å². The summed E-state index contributed by atoms with van der Waals surface area (Å²) in [6.45, 7) is 2.76. The van der Waals surface area contributed by atoms with Gasteiger partial charge in [-0.1, -0.05) is 19.1 Å². The van der Waals surface area contributed by atoms with E-state index in [4.69, 9.17) is 5.11 Å². The van der Waals surface area contributed by atoms with Crippen molar-refractivity contribution < 1.29 is 14.7 Å². The Labute approximate surface area is 156 Å². The second-order valence-electron chi connectivity index (χ2n) is 6.45. The van der Waals surface area contributed by atoms with E-state index in [-0.39, 0.29) is 24.5 Å². The van der Waals surface area contributed by atoms with E-state index in [1.165, 1.54) is 17.1 Å². The first kappa shape index (κ1) is 18.6. The summed E-state index contributed by atoms with van der Waals surface area (Å²) in [6.07, 6.45) is 1.64. The van der Waals surface area contributed by atoms with E-state index in [1.54, 1.807) is 0 Å². The first-order valence-corrected chi connectivity index (χ1v) is 10.8. The number of nitrogens with one attached hydrogen (secondary N) is 1. The van der Waals surface area contributed by atoms with Crippen LogP contribution in [0.1, 0.15) is 40.3 Å². The van der Waals surface area contributed by atoms with Crippen molar-refractivity contribution in [3.63, 3.8) is 0 Å². The number of thioether (sulfide) groups is 2. The maximum Gasteiger partial charge on any atom is 0.317 e. The Morgan fingerprint density at radius 3 is 2.40 bits per heavy atom. The van der Waals surface area contributed by atoms with Gasteiger partial charge in [-0.05, 0) is 37.1 Å². The van der Waals surface area contributed by atoms with Crippen molar-refractivity contribution in [2.75, 3.05) is 24.6 Å². The average Bonchev–Trinajstić information content (AvgIpc) is 3.10. The summed E-state index contributed by atoms with van der Waals surface area (Å²) in [5.41, 5.74) is 1.97. The van der Waals surface area contributed by atoms with Gasteiger partial charge in [0.1, 0.15) is 0 Å². The van der Waals surface area contributed by atoms with Gasteiger partial charge in [-0.3, -0.25) is 14.5 Å². The third-order valence-corrected chi connectivity index (χ3v) is 7.88. The molecule has 1 aromatic carbocycles. The average molecular weight is 381 g/mol. The molecule has 1 amide bonds. The molecule has 1 aromatic rings. The Balaban J connectivity index is 1.47. The zero-order valence-corrected chi connectivity index (χ0v) is 15.9. The molecular weight excluding hydrogens is 356 g/mol. The SMILES string of the molecule is CCN(CC(=O)O)C1CC(NC(=O)c2ccc(C3SCCS3)cc2)C1. The number of likely N-dealkylation sites (N-methyl/N-ethyl adjacent to an activating group) is 1. The standard InChI is InChI=1S/C18H24N2O3S2/c1-2-20(11-16(21)22)15-9-14(10-15)19-17(23)12-3-5-13(6-4-12)18-24-7-8-25-18/h3-6,14-15,18H,2,7-11H2,1H3,(H,19,23)(H,21,22). The number of hydrogen-bond donors (Lipinski definition) is 2. The molecule has 1 heterocycles. The van der Waals surface area contributed by atoms with Crippen LogP contribution in [0.2, 0.25) is 0 Å². The maximum absolute atomic E-state index is 12.4. The highest BCUT2D eigenvalue weighted by Crippen LogP contribution is 2.45. The molecule has 2 N–H and O–H groups in total. The van der Waals surface area contributed by atoms with Crippen LogP contribution in [0, 0.1) is 0 Å². The minimum absolute atomic E-state index is 0.0389. The summed E-state index contributed by atoms with van der Waals surface area (Å²) >= 11 is 3.92. The quantitative estimate of drug-likeness (QED) is 0.758. The van der Waals surface area contributed by atoms with E-state index in [0.717, 1.165) is 19.4 Å². The summed E-state index contributed by atoms with van der Waals surface area (Å²) < 4.78 is 0.499. The Morgan fingerprint density at radius 2 is 1.84 bits per heavy atom. The molecule has 0 bridgehead atoms. The van der Waals surface area contributed by atoms with Gasteiger partial charge in [0.25, 0.3) is 5.91 Å². The molecule has 0 unspecified atom stereocenters. The molecule has 0 spiro atoms. The second kappa shape index (κ2) is 8.47. The molecule has 136 valence electrons. The van der Waals surface area contributed by atoms with Crippen molar-refractivity contribution in [2.45, 2.75) is 36.4 Å². The van der Waals surface area contributed by atoms with Crippen molar-refractivity contribution in [1.82, 2.24) is 10.2 Å². The van der Waals surface area contributed by atoms with Crippen LogP contribution in [0.15, 0.2) is 24.3 Å². The minimum Gasteiger partial charge on any atom is -0.480 e. The number of amides is 1. The highest BCUT2D eigenvalue weighted by atomic mass is 32.2. The number of benzene rings is 1. The van der Waals surface area contributed by atoms with Crippen LogP contribution in [0.25, 0.3) is 0 Å². The number of carbonyl (C=O) groups excluding carboxylic acids is 1. The van der Waals surface area contributed by atoms with Gasteiger partial charge in [0.15, 0.2) is 0 Å². The van der Waals surface area contributed by atoms with Gasteiger partial charge >= 0.3 is 5.97 Å². The van der Waals surface area contributed by atoms with Crippen molar-refractivity contribution in [1.29, 1.82) is 0 Å². The summed E-state index contributed by atoms with van der Waals surface area (Å²) in [7, 11) is 0. The van der Waals surface area contributed by atoms with E-state index in [9.17, 15) is 9.59 Å². The normalized spacial score (nSPS) is 23.4. The molecule has 2 fully saturated rings. The summed E-state index contributed by atoms with van der Waals surface area (Å²) in [6, 6.07) is 8.32. The number of carbonyl (C=O) groups is 2. The van der Waals surface area contributed by atoms with Crippen molar-refractivity contribution in [3.05, 3.63) is 35.4 Å². The summed E-state index contributed by atoms with van der Waals surface area (Å²) in [4.78, 5) is 25.2. The maximum atomic E-state index is 12.4. The molecule has 0 atom stereocenters. The molecule has 1 aliphatic carbocycles. The molecule has 1 aliphatic heterocycles. The lowest BCUT2D eigenvalue weighted by Crippen LogP contribution is -2.54. The number of rotatable bonds is 7. The predicted molar refractivity (Wildman–Crippen MR) is 103 cm³/mol. The minimum atomic E-state index is -0.798. The van der Waals surface area contributed by atoms with Crippen LogP contribution in [0.3, 0.4) is 0 Å². The largest absolute Gasteiger partial charge is 0.480 e. The number of nitrogens with zero attached hydrogens (tertiary/aromatic N) is 1.